The van der Waals surface area contributed by atoms with Gasteiger partial charge in [0.1, 0.15) is 0 Å². The first-order valence-electron chi connectivity index (χ1n) is 4.49. The van der Waals surface area contributed by atoms with Gasteiger partial charge >= 0.3 is 0 Å². The van der Waals surface area contributed by atoms with Gasteiger partial charge in [0, 0.05) is 20.3 Å². The normalized spacial score (nSPS) is 11.8. The number of aryl methyl sites for hydroxylation is 1. The maximum Gasteiger partial charge on any atom is 0.239 e. The maximum absolute atomic E-state index is 11.4. The van der Waals surface area contributed by atoms with Crippen molar-refractivity contribution in [2.24, 2.45) is 7.05 Å². The summed E-state index contributed by atoms with van der Waals surface area (Å²) in [5.74, 6) is -0.402. The number of sulfonamides is 1. The molecule has 0 unspecified atom stereocenters. The van der Waals surface area contributed by atoms with E-state index in [1.165, 1.54) is 17.9 Å². The van der Waals surface area contributed by atoms with Gasteiger partial charge < -0.3 is 5.32 Å². The molecule has 1 heterocycles. The van der Waals surface area contributed by atoms with E-state index in [9.17, 15) is 13.2 Å². The molecule has 1 aromatic rings. The number of nitrogens with zero attached hydrogens (tertiary/aromatic N) is 3. The number of hydrogen-bond donors (Lipinski definition) is 1. The van der Waals surface area contributed by atoms with E-state index in [0.29, 0.717) is 5.69 Å². The van der Waals surface area contributed by atoms with Crippen LogP contribution in [0.15, 0.2) is 12.4 Å². The summed E-state index contributed by atoms with van der Waals surface area (Å²) in [5.41, 5.74) is 0.536. The lowest BCUT2D eigenvalue weighted by atomic mass is 10.5. The maximum atomic E-state index is 11.4. The predicted octanol–water partition coefficient (Wildman–Crippen LogP) is -0.750. The lowest BCUT2D eigenvalue weighted by molar-refractivity contribution is -0.116. The van der Waals surface area contributed by atoms with Crippen molar-refractivity contribution in [3.05, 3.63) is 12.4 Å². The summed E-state index contributed by atoms with van der Waals surface area (Å²) in [6.45, 7) is -0.215. The minimum Gasteiger partial charge on any atom is -0.322 e. The molecule has 0 aromatic carbocycles. The van der Waals surface area contributed by atoms with Gasteiger partial charge in [0.15, 0.2) is 0 Å². The van der Waals surface area contributed by atoms with Gasteiger partial charge in [-0.3, -0.25) is 9.48 Å². The zero-order valence-corrected chi connectivity index (χ0v) is 10.2. The van der Waals surface area contributed by atoms with Crippen LogP contribution in [0.2, 0.25) is 0 Å². The molecule has 0 atom stereocenters. The number of hydrogen-bond acceptors (Lipinski definition) is 4. The van der Waals surface area contributed by atoms with E-state index in [0.717, 1.165) is 10.6 Å². The average Bonchev–Trinajstić information content (AvgIpc) is 2.49. The molecule has 0 aliphatic rings. The fourth-order valence-electron chi connectivity index (χ4n) is 1.01. The molecule has 8 heteroatoms. The van der Waals surface area contributed by atoms with Gasteiger partial charge in [-0.2, -0.15) is 9.40 Å². The molecule has 0 aliphatic carbocycles. The summed E-state index contributed by atoms with van der Waals surface area (Å²) in [7, 11) is -0.267. The quantitative estimate of drug-likeness (QED) is 0.757. The number of likely N-dealkylation sites (N-methyl/N-ethyl adjacent to an activating group) is 1. The average molecular weight is 246 g/mol. The first-order valence-corrected chi connectivity index (χ1v) is 6.33. The second-order valence-corrected chi connectivity index (χ2v) is 5.56. The molecule has 0 saturated carbocycles. The van der Waals surface area contributed by atoms with Crippen LogP contribution in [0.25, 0.3) is 0 Å². The molecule has 1 rings (SSSR count). The van der Waals surface area contributed by atoms with E-state index in [-0.39, 0.29) is 6.54 Å². The van der Waals surface area contributed by atoms with Crippen LogP contribution < -0.4 is 5.32 Å². The standard InChI is InChI=1S/C8H14N4O3S/c1-11-5-7(4-9-11)10-8(13)6-12(2)16(3,14)15/h4-5H,6H2,1-3H3,(H,10,13). The van der Waals surface area contributed by atoms with Gasteiger partial charge in [0.2, 0.25) is 15.9 Å². The van der Waals surface area contributed by atoms with Crippen LogP contribution in [0.1, 0.15) is 0 Å². The summed E-state index contributed by atoms with van der Waals surface area (Å²) in [4.78, 5) is 11.4. The SMILES string of the molecule is CN(CC(=O)Nc1cnn(C)c1)S(C)(=O)=O. The third-order valence-corrected chi connectivity index (χ3v) is 3.18. The Balaban J connectivity index is 2.55. The Kier molecular flexibility index (Phi) is 3.66. The van der Waals surface area contributed by atoms with Crippen molar-refractivity contribution in [1.29, 1.82) is 0 Å². The van der Waals surface area contributed by atoms with Crippen LogP contribution in [0.5, 0.6) is 0 Å². The van der Waals surface area contributed by atoms with Gasteiger partial charge in [0.05, 0.1) is 24.7 Å². The lowest BCUT2D eigenvalue weighted by Crippen LogP contribution is -2.34. The minimum atomic E-state index is -3.33. The van der Waals surface area contributed by atoms with Crippen LogP contribution in [-0.2, 0) is 21.9 Å². The second-order valence-electron chi connectivity index (χ2n) is 3.47. The van der Waals surface area contributed by atoms with Crippen molar-refractivity contribution in [2.75, 3.05) is 25.2 Å². The first kappa shape index (κ1) is 12.7. The molecule has 0 saturated heterocycles. The Hall–Kier alpha value is -1.41. The van der Waals surface area contributed by atoms with Gasteiger partial charge in [-0.1, -0.05) is 0 Å². The molecule has 0 fully saturated rings. The highest BCUT2D eigenvalue weighted by Crippen LogP contribution is 2.03. The van der Waals surface area contributed by atoms with Gasteiger partial charge in [-0.05, 0) is 0 Å². The number of carbonyl (C=O) groups is 1. The van der Waals surface area contributed by atoms with Gasteiger partial charge in [-0.15, -0.1) is 0 Å². The largest absolute Gasteiger partial charge is 0.322 e. The number of amides is 1. The summed E-state index contributed by atoms with van der Waals surface area (Å²) in [6, 6.07) is 0. The molecule has 1 aromatic heterocycles. The van der Waals surface area contributed by atoms with Gasteiger partial charge in [0.25, 0.3) is 0 Å². The molecule has 1 amide bonds. The van der Waals surface area contributed by atoms with Crippen LogP contribution >= 0.6 is 0 Å². The summed E-state index contributed by atoms with van der Waals surface area (Å²) >= 11 is 0. The van der Waals surface area contributed by atoms with E-state index in [4.69, 9.17) is 0 Å². The molecule has 7 nitrogen and oxygen atoms in total. The second kappa shape index (κ2) is 4.62. The van der Waals surface area contributed by atoms with E-state index < -0.39 is 15.9 Å². The fraction of sp³-hybridized carbons (Fsp3) is 0.500. The summed E-state index contributed by atoms with van der Waals surface area (Å²) < 4.78 is 24.6. The zero-order valence-electron chi connectivity index (χ0n) is 9.34. The van der Waals surface area contributed by atoms with Crippen LogP contribution in [0.4, 0.5) is 5.69 Å². The molecule has 0 radical (unpaired) electrons. The van der Waals surface area contributed by atoms with E-state index in [1.54, 1.807) is 13.2 Å². The Morgan fingerprint density at radius 1 is 1.62 bits per heavy atom. The Morgan fingerprint density at radius 3 is 2.69 bits per heavy atom. The molecule has 0 spiro atoms. The van der Waals surface area contributed by atoms with Crippen molar-refractivity contribution in [3.8, 4) is 0 Å². The highest BCUT2D eigenvalue weighted by molar-refractivity contribution is 7.88. The third-order valence-electron chi connectivity index (χ3n) is 1.92. The highest BCUT2D eigenvalue weighted by Gasteiger charge is 2.15. The Bertz CT molecular complexity index is 479. The molecular formula is C8H14N4O3S. The van der Waals surface area contributed by atoms with Gasteiger partial charge in [-0.25, -0.2) is 8.42 Å². The van der Waals surface area contributed by atoms with Crippen molar-refractivity contribution in [3.63, 3.8) is 0 Å². The van der Waals surface area contributed by atoms with Crippen LogP contribution in [0.3, 0.4) is 0 Å². The molecule has 0 aliphatic heterocycles. The number of carbonyl (C=O) groups excluding carboxylic acids is 1. The van der Waals surface area contributed by atoms with Crippen molar-refractivity contribution < 1.29 is 13.2 Å². The first-order chi connectivity index (χ1) is 7.29. The molecule has 16 heavy (non-hydrogen) atoms. The number of rotatable bonds is 4. The van der Waals surface area contributed by atoms with E-state index >= 15 is 0 Å². The molecule has 1 N–H and O–H groups in total. The lowest BCUT2D eigenvalue weighted by Gasteiger charge is -2.12. The minimum absolute atomic E-state index is 0.215. The van der Waals surface area contributed by atoms with E-state index in [2.05, 4.69) is 10.4 Å². The van der Waals surface area contributed by atoms with Crippen molar-refractivity contribution in [1.82, 2.24) is 14.1 Å². The topological polar surface area (TPSA) is 84.3 Å². The Labute approximate surface area is 94.1 Å². The van der Waals surface area contributed by atoms with Crippen molar-refractivity contribution in [2.45, 2.75) is 0 Å². The Morgan fingerprint density at radius 2 is 2.25 bits per heavy atom. The fourth-order valence-corrected chi connectivity index (χ4v) is 1.36. The molecular weight excluding hydrogens is 232 g/mol. The molecule has 90 valence electrons. The van der Waals surface area contributed by atoms with Crippen LogP contribution in [0, 0.1) is 0 Å². The monoisotopic (exact) mass is 246 g/mol. The number of aromatic nitrogens is 2. The van der Waals surface area contributed by atoms with Crippen molar-refractivity contribution >= 4 is 21.6 Å². The third kappa shape index (κ3) is 3.63. The summed E-state index contributed by atoms with van der Waals surface area (Å²) in [6.07, 6.45) is 4.15. The zero-order chi connectivity index (χ0) is 12.3. The van der Waals surface area contributed by atoms with Crippen LogP contribution in [-0.4, -0.2) is 48.3 Å². The predicted molar refractivity (Wildman–Crippen MR) is 59.3 cm³/mol. The molecule has 0 bridgehead atoms. The summed E-state index contributed by atoms with van der Waals surface area (Å²) in [5, 5.41) is 6.41. The number of anilines is 1. The highest BCUT2D eigenvalue weighted by atomic mass is 32.2. The number of nitrogens with one attached hydrogen (secondary N) is 1. The van der Waals surface area contributed by atoms with E-state index in [1.807, 2.05) is 0 Å². The smallest absolute Gasteiger partial charge is 0.239 e.